The normalized spacial score (nSPS) is 15.6. The Kier molecular flexibility index (Phi) is 4.99. The van der Waals surface area contributed by atoms with Gasteiger partial charge in [0.2, 0.25) is 0 Å². The molecule has 7 nitrogen and oxygen atoms in total. The first-order valence-corrected chi connectivity index (χ1v) is 6.83. The fourth-order valence-electron chi connectivity index (χ4n) is 2.23. The molecule has 0 radical (unpaired) electrons. The molecule has 1 saturated heterocycles. The van der Waals surface area contributed by atoms with Crippen molar-refractivity contribution >= 4 is 17.6 Å². The van der Waals surface area contributed by atoms with Crippen molar-refractivity contribution in [1.82, 2.24) is 9.80 Å². The number of carbonyl (C=O) groups excluding carboxylic acids is 1. The summed E-state index contributed by atoms with van der Waals surface area (Å²) >= 11 is 0. The molecule has 4 N–H and O–H groups in total. The number of nitrogens with two attached hydrogens (primary N) is 1. The number of piperazine rings is 1. The standard InChI is InChI=1S/C14H21N5O2/c1-21-12-4-2-11(3-5-12)17-14(20)19-8-6-18(7-9-19)10-13(15)16/h2-5H,6-10H2,1H3,(H3,15,16)(H,17,20). The summed E-state index contributed by atoms with van der Waals surface area (Å²) in [5.74, 6) is 0.914. The van der Waals surface area contributed by atoms with Gasteiger partial charge >= 0.3 is 6.03 Å². The number of amidine groups is 1. The third-order valence-corrected chi connectivity index (χ3v) is 3.39. The Morgan fingerprint density at radius 2 is 1.90 bits per heavy atom. The summed E-state index contributed by atoms with van der Waals surface area (Å²) < 4.78 is 5.08. The van der Waals surface area contributed by atoms with Gasteiger partial charge in [0.15, 0.2) is 0 Å². The maximum absolute atomic E-state index is 12.1. The zero-order valence-corrected chi connectivity index (χ0v) is 12.1. The fourth-order valence-corrected chi connectivity index (χ4v) is 2.23. The Balaban J connectivity index is 1.82. The molecule has 0 atom stereocenters. The lowest BCUT2D eigenvalue weighted by Gasteiger charge is -2.34. The molecule has 0 aromatic heterocycles. The van der Waals surface area contributed by atoms with Gasteiger partial charge in [-0.25, -0.2) is 4.79 Å². The minimum atomic E-state index is -0.109. The molecule has 1 aromatic rings. The summed E-state index contributed by atoms with van der Waals surface area (Å²) in [7, 11) is 1.61. The number of anilines is 1. The van der Waals surface area contributed by atoms with E-state index in [-0.39, 0.29) is 11.9 Å². The number of carbonyl (C=O) groups is 1. The molecule has 0 spiro atoms. The minimum Gasteiger partial charge on any atom is -0.497 e. The first-order valence-electron chi connectivity index (χ1n) is 6.83. The third-order valence-electron chi connectivity index (χ3n) is 3.39. The van der Waals surface area contributed by atoms with Crippen molar-refractivity contribution < 1.29 is 9.53 Å². The summed E-state index contributed by atoms with van der Waals surface area (Å²) in [4.78, 5) is 16.0. The molecule has 1 heterocycles. The van der Waals surface area contributed by atoms with E-state index in [2.05, 4.69) is 10.2 Å². The van der Waals surface area contributed by atoms with Gasteiger partial charge in [0.25, 0.3) is 0 Å². The number of benzene rings is 1. The lowest BCUT2D eigenvalue weighted by Crippen LogP contribution is -2.51. The van der Waals surface area contributed by atoms with E-state index in [9.17, 15) is 4.79 Å². The van der Waals surface area contributed by atoms with E-state index in [0.717, 1.165) is 24.5 Å². The van der Waals surface area contributed by atoms with Crippen molar-refractivity contribution in [3.63, 3.8) is 0 Å². The molecule has 1 aliphatic rings. The average molecular weight is 291 g/mol. The first kappa shape index (κ1) is 15.1. The largest absolute Gasteiger partial charge is 0.497 e. The van der Waals surface area contributed by atoms with E-state index >= 15 is 0 Å². The van der Waals surface area contributed by atoms with Gasteiger partial charge in [0.1, 0.15) is 11.6 Å². The Hall–Kier alpha value is -2.28. The maximum Gasteiger partial charge on any atom is 0.321 e. The molecule has 2 rings (SSSR count). The number of amides is 2. The van der Waals surface area contributed by atoms with Crippen LogP contribution >= 0.6 is 0 Å². The van der Waals surface area contributed by atoms with Crippen LogP contribution in [0.25, 0.3) is 0 Å². The molecule has 0 saturated carbocycles. The topological polar surface area (TPSA) is 94.7 Å². The van der Waals surface area contributed by atoms with Gasteiger partial charge in [-0.2, -0.15) is 0 Å². The predicted molar refractivity (Wildman–Crippen MR) is 81.9 cm³/mol. The molecule has 7 heteroatoms. The quantitative estimate of drug-likeness (QED) is 0.564. The average Bonchev–Trinajstić information content (AvgIpc) is 2.48. The Morgan fingerprint density at radius 1 is 1.29 bits per heavy atom. The third kappa shape index (κ3) is 4.35. The van der Waals surface area contributed by atoms with E-state index in [0.29, 0.717) is 19.6 Å². The van der Waals surface area contributed by atoms with Gasteiger partial charge in [-0.15, -0.1) is 0 Å². The first-order chi connectivity index (χ1) is 10.1. The van der Waals surface area contributed by atoms with Crippen molar-refractivity contribution in [3.8, 4) is 5.75 Å². The van der Waals surface area contributed by atoms with Gasteiger partial charge in [-0.3, -0.25) is 10.3 Å². The predicted octanol–water partition coefficient (Wildman–Crippen LogP) is 0.781. The van der Waals surface area contributed by atoms with Crippen LogP contribution in [0.3, 0.4) is 0 Å². The molecule has 114 valence electrons. The Labute approximate surface area is 124 Å². The number of hydrogen-bond acceptors (Lipinski definition) is 4. The van der Waals surface area contributed by atoms with Crippen molar-refractivity contribution in [1.29, 1.82) is 5.41 Å². The number of urea groups is 1. The molecule has 0 bridgehead atoms. The van der Waals surface area contributed by atoms with Crippen molar-refractivity contribution in [2.24, 2.45) is 5.73 Å². The minimum absolute atomic E-state index is 0.109. The zero-order valence-electron chi connectivity index (χ0n) is 12.1. The van der Waals surface area contributed by atoms with Gasteiger partial charge < -0.3 is 20.7 Å². The smallest absolute Gasteiger partial charge is 0.321 e. The summed E-state index contributed by atoms with van der Waals surface area (Å²) in [6.45, 7) is 3.20. The van der Waals surface area contributed by atoms with Crippen LogP contribution in [0.15, 0.2) is 24.3 Å². The van der Waals surface area contributed by atoms with Gasteiger partial charge in [0.05, 0.1) is 13.7 Å². The second-order valence-corrected chi connectivity index (χ2v) is 4.95. The second-order valence-electron chi connectivity index (χ2n) is 4.95. The molecular weight excluding hydrogens is 270 g/mol. The van der Waals surface area contributed by atoms with Gasteiger partial charge in [-0.1, -0.05) is 0 Å². The lowest BCUT2D eigenvalue weighted by atomic mass is 10.3. The zero-order chi connectivity index (χ0) is 15.2. The van der Waals surface area contributed by atoms with Crippen LogP contribution in [-0.4, -0.2) is 61.5 Å². The summed E-state index contributed by atoms with van der Waals surface area (Å²) in [6, 6.07) is 7.12. The van der Waals surface area contributed by atoms with Crippen molar-refractivity contribution in [2.75, 3.05) is 45.2 Å². The lowest BCUT2D eigenvalue weighted by molar-refractivity contribution is 0.158. The molecular formula is C14H21N5O2. The monoisotopic (exact) mass is 291 g/mol. The van der Waals surface area contributed by atoms with Gasteiger partial charge in [0, 0.05) is 31.9 Å². The molecule has 0 aliphatic carbocycles. The molecule has 1 aromatic carbocycles. The van der Waals surface area contributed by atoms with Crippen LogP contribution in [-0.2, 0) is 0 Å². The Morgan fingerprint density at radius 3 is 2.43 bits per heavy atom. The van der Waals surface area contributed by atoms with Crippen LogP contribution in [0, 0.1) is 5.41 Å². The van der Waals surface area contributed by atoms with Crippen LogP contribution in [0.5, 0.6) is 5.75 Å². The van der Waals surface area contributed by atoms with Crippen LogP contribution < -0.4 is 15.8 Å². The summed E-state index contributed by atoms with van der Waals surface area (Å²) in [6.07, 6.45) is 0. The molecule has 21 heavy (non-hydrogen) atoms. The van der Waals surface area contributed by atoms with E-state index in [1.165, 1.54) is 0 Å². The van der Waals surface area contributed by atoms with Gasteiger partial charge in [-0.05, 0) is 24.3 Å². The van der Waals surface area contributed by atoms with E-state index in [4.69, 9.17) is 15.9 Å². The van der Waals surface area contributed by atoms with Crippen molar-refractivity contribution in [2.45, 2.75) is 0 Å². The van der Waals surface area contributed by atoms with Crippen molar-refractivity contribution in [3.05, 3.63) is 24.3 Å². The number of hydrogen-bond donors (Lipinski definition) is 3. The fraction of sp³-hybridized carbons (Fsp3) is 0.429. The van der Waals surface area contributed by atoms with E-state index < -0.39 is 0 Å². The number of methoxy groups -OCH3 is 1. The molecule has 1 aliphatic heterocycles. The van der Waals surface area contributed by atoms with E-state index in [1.54, 1.807) is 24.1 Å². The molecule has 1 fully saturated rings. The Bertz CT molecular complexity index is 495. The molecule has 0 unspecified atom stereocenters. The SMILES string of the molecule is COc1ccc(NC(=O)N2CCN(CC(=N)N)CC2)cc1. The highest BCUT2D eigenvalue weighted by atomic mass is 16.5. The second kappa shape index (κ2) is 6.94. The maximum atomic E-state index is 12.1. The van der Waals surface area contributed by atoms with Crippen LogP contribution in [0.4, 0.5) is 10.5 Å². The highest BCUT2D eigenvalue weighted by Crippen LogP contribution is 2.15. The number of nitrogens with zero attached hydrogens (tertiary/aromatic N) is 2. The summed E-state index contributed by atoms with van der Waals surface area (Å²) in [5.41, 5.74) is 6.12. The molecule has 2 amide bonds. The van der Waals surface area contributed by atoms with Crippen LogP contribution in [0.2, 0.25) is 0 Å². The highest BCUT2D eigenvalue weighted by molar-refractivity contribution is 5.89. The number of nitrogens with one attached hydrogen (secondary N) is 2. The van der Waals surface area contributed by atoms with E-state index in [1.807, 2.05) is 12.1 Å². The number of rotatable bonds is 4. The van der Waals surface area contributed by atoms with Crippen LogP contribution in [0.1, 0.15) is 0 Å². The number of ether oxygens (including phenoxy) is 1. The highest BCUT2D eigenvalue weighted by Gasteiger charge is 2.21. The summed E-state index contributed by atoms with van der Waals surface area (Å²) in [5, 5.41) is 10.1.